The van der Waals surface area contributed by atoms with Gasteiger partial charge in [-0.15, -0.1) is 0 Å². The van der Waals surface area contributed by atoms with Crippen LogP contribution in [-0.4, -0.2) is 44.3 Å². The second kappa shape index (κ2) is 14.3. The Kier molecular flexibility index (Phi) is 11.3. The molecule has 232 valence electrons. The van der Waals surface area contributed by atoms with E-state index in [-0.39, 0.29) is 28.8 Å². The predicted molar refractivity (Wildman–Crippen MR) is 161 cm³/mol. The topological polar surface area (TPSA) is 86.8 Å². The summed E-state index contributed by atoms with van der Waals surface area (Å²) in [6, 6.07) is 15.6. The van der Waals surface area contributed by atoms with Gasteiger partial charge in [0, 0.05) is 13.1 Å². The Balaban J connectivity index is 2.13. The van der Waals surface area contributed by atoms with E-state index in [1.54, 1.807) is 25.1 Å². The van der Waals surface area contributed by atoms with Gasteiger partial charge in [-0.25, -0.2) is 8.42 Å². The molecule has 0 unspecified atom stereocenters. The first-order valence-corrected chi connectivity index (χ1v) is 15.5. The summed E-state index contributed by atoms with van der Waals surface area (Å²) >= 11 is 6.29. The van der Waals surface area contributed by atoms with Gasteiger partial charge in [0.25, 0.3) is 10.0 Å². The van der Waals surface area contributed by atoms with E-state index in [2.05, 4.69) is 5.32 Å². The summed E-state index contributed by atoms with van der Waals surface area (Å²) in [7, 11) is -4.59. The molecule has 0 aliphatic heterocycles. The molecule has 3 aromatic rings. The Morgan fingerprint density at radius 3 is 2.16 bits per heavy atom. The molecule has 0 fully saturated rings. The number of amides is 2. The van der Waals surface area contributed by atoms with Crippen LogP contribution < -0.4 is 9.62 Å². The SMILES string of the molecule is CC[C@H](C(=O)NCC(C)C)N(Cc1ccc(C)cc1)C(=O)CN(c1cc(C(F)(F)F)ccc1Cl)S(=O)(=O)c1ccccc1. The highest BCUT2D eigenvalue weighted by atomic mass is 35.5. The number of anilines is 1. The number of carbonyl (C=O) groups excluding carboxylic acids is 2. The van der Waals surface area contributed by atoms with Crippen molar-refractivity contribution < 1.29 is 31.2 Å². The van der Waals surface area contributed by atoms with Crippen molar-refractivity contribution in [2.24, 2.45) is 5.92 Å². The van der Waals surface area contributed by atoms with E-state index in [0.717, 1.165) is 17.7 Å². The van der Waals surface area contributed by atoms with E-state index >= 15 is 0 Å². The molecule has 0 saturated carbocycles. The summed E-state index contributed by atoms with van der Waals surface area (Å²) in [4.78, 5) is 28.4. The molecule has 0 spiro atoms. The Hall–Kier alpha value is -3.57. The summed E-state index contributed by atoms with van der Waals surface area (Å²) in [5, 5.41) is 2.53. The summed E-state index contributed by atoms with van der Waals surface area (Å²) in [6.07, 6.45) is -4.60. The number of carbonyl (C=O) groups is 2. The molecule has 12 heteroatoms. The van der Waals surface area contributed by atoms with Gasteiger partial charge in [-0.1, -0.05) is 80.4 Å². The molecule has 3 rings (SSSR count). The van der Waals surface area contributed by atoms with Gasteiger partial charge in [-0.3, -0.25) is 13.9 Å². The quantitative estimate of drug-likeness (QED) is 0.248. The Morgan fingerprint density at radius 2 is 1.60 bits per heavy atom. The van der Waals surface area contributed by atoms with Crippen molar-refractivity contribution >= 4 is 39.1 Å². The fourth-order valence-corrected chi connectivity index (χ4v) is 6.06. The maximum Gasteiger partial charge on any atom is 0.416 e. The van der Waals surface area contributed by atoms with Gasteiger partial charge >= 0.3 is 6.18 Å². The van der Waals surface area contributed by atoms with Crippen LogP contribution in [0.2, 0.25) is 5.02 Å². The summed E-state index contributed by atoms with van der Waals surface area (Å²) in [6.45, 7) is 6.86. The molecule has 0 aromatic heterocycles. The fraction of sp³-hybridized carbons (Fsp3) is 0.355. The van der Waals surface area contributed by atoms with Gasteiger partial charge in [0.15, 0.2) is 0 Å². The molecule has 3 aromatic carbocycles. The Morgan fingerprint density at radius 1 is 0.977 bits per heavy atom. The average Bonchev–Trinajstić information content (AvgIpc) is 2.95. The minimum atomic E-state index is -4.80. The van der Waals surface area contributed by atoms with Crippen LogP contribution in [0, 0.1) is 12.8 Å². The number of hydrogen-bond acceptors (Lipinski definition) is 4. The number of benzene rings is 3. The molecule has 0 aliphatic rings. The summed E-state index contributed by atoms with van der Waals surface area (Å²) in [5.74, 6) is -1.08. The number of nitrogens with zero attached hydrogens (tertiary/aromatic N) is 2. The molecule has 0 saturated heterocycles. The molecule has 0 bridgehead atoms. The van der Waals surface area contributed by atoms with Crippen LogP contribution in [0.15, 0.2) is 77.7 Å². The first kappa shape index (κ1) is 33.9. The standard InChI is InChI=1S/C31H35ClF3N3O4S/c1-5-27(30(40)36-18-21(2)3)37(19-23-13-11-22(4)12-14-23)29(39)20-38(43(41,42)25-9-7-6-8-10-25)28-17-24(31(33,34)35)15-16-26(28)32/h6-17,21,27H,5,18-20H2,1-4H3,(H,36,40)/t27-/m1/s1. The Bertz CT molecular complexity index is 1520. The van der Waals surface area contributed by atoms with Gasteiger partial charge in [0.05, 0.1) is 21.2 Å². The number of rotatable bonds is 12. The molecule has 2 amide bonds. The van der Waals surface area contributed by atoms with E-state index in [1.165, 1.54) is 29.2 Å². The van der Waals surface area contributed by atoms with Crippen molar-refractivity contribution in [2.75, 3.05) is 17.4 Å². The molecule has 43 heavy (non-hydrogen) atoms. The number of sulfonamides is 1. The monoisotopic (exact) mass is 637 g/mol. The van der Waals surface area contributed by atoms with E-state index in [1.807, 2.05) is 32.9 Å². The molecule has 0 heterocycles. The molecular weight excluding hydrogens is 603 g/mol. The van der Waals surface area contributed by atoms with Crippen LogP contribution in [0.25, 0.3) is 0 Å². The highest BCUT2D eigenvalue weighted by molar-refractivity contribution is 7.92. The fourth-order valence-electron chi connectivity index (χ4n) is 4.35. The summed E-state index contributed by atoms with van der Waals surface area (Å²) < 4.78 is 69.4. The van der Waals surface area contributed by atoms with Crippen molar-refractivity contribution in [3.05, 3.63) is 94.5 Å². The Labute approximate surface area is 255 Å². The van der Waals surface area contributed by atoms with Crippen molar-refractivity contribution in [2.45, 2.75) is 57.8 Å². The van der Waals surface area contributed by atoms with Gasteiger partial charge in [0.2, 0.25) is 11.8 Å². The van der Waals surface area contributed by atoms with Crippen LogP contribution in [0.5, 0.6) is 0 Å². The first-order chi connectivity index (χ1) is 20.1. The second-order valence-corrected chi connectivity index (χ2v) is 12.8. The zero-order valence-corrected chi connectivity index (χ0v) is 25.9. The molecule has 7 nitrogen and oxygen atoms in total. The third-order valence-corrected chi connectivity index (χ3v) is 8.79. The minimum absolute atomic E-state index is 0.0394. The van der Waals surface area contributed by atoms with Crippen molar-refractivity contribution in [1.82, 2.24) is 10.2 Å². The van der Waals surface area contributed by atoms with Crippen LogP contribution in [0.1, 0.15) is 43.9 Å². The van der Waals surface area contributed by atoms with Crippen LogP contribution in [0.3, 0.4) is 0 Å². The van der Waals surface area contributed by atoms with E-state index in [4.69, 9.17) is 11.6 Å². The van der Waals surface area contributed by atoms with Crippen molar-refractivity contribution in [3.8, 4) is 0 Å². The smallest absolute Gasteiger partial charge is 0.354 e. The highest BCUT2D eigenvalue weighted by Crippen LogP contribution is 2.37. The third kappa shape index (κ3) is 8.73. The number of aryl methyl sites for hydroxylation is 1. The number of halogens is 4. The molecule has 1 N–H and O–H groups in total. The zero-order chi connectivity index (χ0) is 31.9. The molecule has 1 atom stereocenters. The van der Waals surface area contributed by atoms with Crippen molar-refractivity contribution in [1.29, 1.82) is 0 Å². The van der Waals surface area contributed by atoms with E-state index in [9.17, 15) is 31.2 Å². The lowest BCUT2D eigenvalue weighted by Gasteiger charge is -2.33. The van der Waals surface area contributed by atoms with E-state index < -0.39 is 51.9 Å². The van der Waals surface area contributed by atoms with Crippen LogP contribution in [0.4, 0.5) is 18.9 Å². The van der Waals surface area contributed by atoms with Gasteiger partial charge in [0.1, 0.15) is 12.6 Å². The molecule has 0 radical (unpaired) electrons. The van der Waals surface area contributed by atoms with Crippen molar-refractivity contribution in [3.63, 3.8) is 0 Å². The zero-order valence-electron chi connectivity index (χ0n) is 24.4. The van der Waals surface area contributed by atoms with Crippen LogP contribution in [-0.2, 0) is 32.3 Å². The second-order valence-electron chi connectivity index (χ2n) is 10.6. The lowest BCUT2D eigenvalue weighted by molar-refractivity contribution is -0.140. The molecular formula is C31H35ClF3N3O4S. The lowest BCUT2D eigenvalue weighted by Crippen LogP contribution is -2.52. The number of hydrogen-bond donors (Lipinski definition) is 1. The van der Waals surface area contributed by atoms with Gasteiger partial charge < -0.3 is 10.2 Å². The van der Waals surface area contributed by atoms with Gasteiger partial charge in [-0.05, 0) is 55.2 Å². The maximum atomic E-state index is 14.1. The maximum absolute atomic E-state index is 14.1. The summed E-state index contributed by atoms with van der Waals surface area (Å²) in [5.41, 5.74) is 0.0104. The lowest BCUT2D eigenvalue weighted by atomic mass is 10.1. The largest absolute Gasteiger partial charge is 0.416 e. The normalized spacial score (nSPS) is 12.6. The van der Waals surface area contributed by atoms with Crippen LogP contribution >= 0.6 is 11.6 Å². The average molecular weight is 638 g/mol. The van der Waals surface area contributed by atoms with E-state index in [0.29, 0.717) is 22.5 Å². The first-order valence-electron chi connectivity index (χ1n) is 13.7. The molecule has 0 aliphatic carbocycles. The predicted octanol–water partition coefficient (Wildman–Crippen LogP) is 6.44. The number of nitrogens with one attached hydrogen (secondary N) is 1. The minimum Gasteiger partial charge on any atom is -0.354 e. The van der Waals surface area contributed by atoms with Gasteiger partial charge in [-0.2, -0.15) is 13.2 Å². The highest BCUT2D eigenvalue weighted by Gasteiger charge is 2.37. The number of alkyl halides is 3. The third-order valence-electron chi connectivity index (χ3n) is 6.70.